The van der Waals surface area contributed by atoms with Crippen LogP contribution in [0.4, 0.5) is 4.79 Å². The van der Waals surface area contributed by atoms with E-state index in [4.69, 9.17) is 9.47 Å². The summed E-state index contributed by atoms with van der Waals surface area (Å²) < 4.78 is 11.7. The van der Waals surface area contributed by atoms with Crippen LogP contribution in [0, 0.1) is 0 Å². The molecule has 29 heavy (non-hydrogen) atoms. The molecule has 1 aromatic heterocycles. The van der Waals surface area contributed by atoms with Gasteiger partial charge in [-0.3, -0.25) is 0 Å². The minimum Gasteiger partial charge on any atom is -0.476 e. The zero-order valence-electron chi connectivity index (χ0n) is 17.4. The van der Waals surface area contributed by atoms with E-state index in [1.54, 1.807) is 6.20 Å². The fourth-order valence-electron chi connectivity index (χ4n) is 3.27. The van der Waals surface area contributed by atoms with Gasteiger partial charge in [-0.1, -0.05) is 30.3 Å². The second-order valence-corrected chi connectivity index (χ2v) is 7.68. The Morgan fingerprint density at radius 1 is 1.31 bits per heavy atom. The predicted octanol–water partition coefficient (Wildman–Crippen LogP) is 2.48. The van der Waals surface area contributed by atoms with Gasteiger partial charge in [-0.05, 0) is 38.2 Å². The number of amides is 2. The van der Waals surface area contributed by atoms with Crippen LogP contribution in [0.25, 0.3) is 0 Å². The average molecular weight is 399 g/mol. The standard InChI is InChI=1S/C22H30N4O3/c1-22(19-7-5-4-6-8-19)17-26(12-14-29-22)21(27)24-16-18-9-10-23-20(15-18)28-13-11-25(2)3/h4-10,15H,11-14,16-17H2,1-3H3,(H,24,27). The van der Waals surface area contributed by atoms with Gasteiger partial charge in [0.05, 0.1) is 13.2 Å². The highest BCUT2D eigenvalue weighted by Crippen LogP contribution is 2.29. The van der Waals surface area contributed by atoms with Crippen molar-refractivity contribution in [2.45, 2.75) is 19.1 Å². The van der Waals surface area contributed by atoms with Crippen LogP contribution < -0.4 is 10.1 Å². The number of nitrogens with zero attached hydrogens (tertiary/aromatic N) is 3. The summed E-state index contributed by atoms with van der Waals surface area (Å²) in [7, 11) is 3.99. The SMILES string of the molecule is CN(C)CCOc1cc(CNC(=O)N2CCOC(C)(c3ccccc3)C2)ccn1. The monoisotopic (exact) mass is 398 g/mol. The average Bonchev–Trinajstić information content (AvgIpc) is 2.73. The summed E-state index contributed by atoms with van der Waals surface area (Å²) in [6.45, 7) is 5.44. The molecule has 2 aromatic rings. The molecule has 1 aliphatic rings. The molecule has 1 aromatic carbocycles. The van der Waals surface area contributed by atoms with Crippen molar-refractivity contribution in [1.82, 2.24) is 20.1 Å². The van der Waals surface area contributed by atoms with Crippen molar-refractivity contribution in [2.75, 3.05) is 46.9 Å². The largest absolute Gasteiger partial charge is 0.476 e. The van der Waals surface area contributed by atoms with Gasteiger partial charge in [0.25, 0.3) is 0 Å². The molecular weight excluding hydrogens is 368 g/mol. The molecule has 2 amide bonds. The molecule has 1 saturated heterocycles. The Labute approximate surface area is 172 Å². The van der Waals surface area contributed by atoms with Gasteiger partial charge in [-0.15, -0.1) is 0 Å². The fraction of sp³-hybridized carbons (Fsp3) is 0.455. The van der Waals surface area contributed by atoms with E-state index in [2.05, 4.69) is 15.2 Å². The number of benzene rings is 1. The first-order valence-corrected chi connectivity index (χ1v) is 9.91. The Bertz CT molecular complexity index is 800. The molecule has 1 N–H and O–H groups in total. The highest BCUT2D eigenvalue weighted by Gasteiger charge is 2.35. The van der Waals surface area contributed by atoms with Gasteiger partial charge in [0.15, 0.2) is 0 Å². The quantitative estimate of drug-likeness (QED) is 0.776. The maximum Gasteiger partial charge on any atom is 0.317 e. The third kappa shape index (κ3) is 5.92. The van der Waals surface area contributed by atoms with Crippen molar-refractivity contribution >= 4 is 6.03 Å². The molecule has 0 radical (unpaired) electrons. The second kappa shape index (κ2) is 9.71. The predicted molar refractivity (Wildman–Crippen MR) is 112 cm³/mol. The van der Waals surface area contributed by atoms with Crippen molar-refractivity contribution in [2.24, 2.45) is 0 Å². The van der Waals surface area contributed by atoms with Crippen LogP contribution >= 0.6 is 0 Å². The number of carbonyl (C=O) groups excluding carboxylic acids is 1. The minimum atomic E-state index is -0.499. The summed E-state index contributed by atoms with van der Waals surface area (Å²) in [6, 6.07) is 13.7. The number of hydrogen-bond acceptors (Lipinski definition) is 5. The van der Waals surface area contributed by atoms with Gasteiger partial charge in [0.1, 0.15) is 12.2 Å². The van der Waals surface area contributed by atoms with Crippen LogP contribution in [0.1, 0.15) is 18.1 Å². The van der Waals surface area contributed by atoms with E-state index >= 15 is 0 Å². The lowest BCUT2D eigenvalue weighted by atomic mass is 9.94. The molecule has 7 heteroatoms. The first kappa shape index (κ1) is 21.1. The van der Waals surface area contributed by atoms with Crippen LogP contribution in [-0.2, 0) is 16.9 Å². The molecule has 2 heterocycles. The Hall–Kier alpha value is -2.64. The smallest absolute Gasteiger partial charge is 0.317 e. The van der Waals surface area contributed by atoms with Crippen LogP contribution in [0.3, 0.4) is 0 Å². The molecule has 3 rings (SSSR count). The lowest BCUT2D eigenvalue weighted by Gasteiger charge is -2.40. The van der Waals surface area contributed by atoms with Gasteiger partial charge >= 0.3 is 6.03 Å². The third-order valence-corrected chi connectivity index (χ3v) is 4.98. The fourth-order valence-corrected chi connectivity index (χ4v) is 3.27. The second-order valence-electron chi connectivity index (χ2n) is 7.68. The van der Waals surface area contributed by atoms with E-state index < -0.39 is 5.60 Å². The summed E-state index contributed by atoms with van der Waals surface area (Å²) in [6.07, 6.45) is 1.70. The van der Waals surface area contributed by atoms with Crippen molar-refractivity contribution in [3.63, 3.8) is 0 Å². The first-order chi connectivity index (χ1) is 14.0. The molecule has 0 aliphatic carbocycles. The summed E-state index contributed by atoms with van der Waals surface area (Å²) in [5.74, 6) is 0.571. The lowest BCUT2D eigenvalue weighted by molar-refractivity contribution is -0.0906. The summed E-state index contributed by atoms with van der Waals surface area (Å²) in [4.78, 5) is 20.8. The van der Waals surface area contributed by atoms with Gasteiger partial charge < -0.3 is 24.6 Å². The van der Waals surface area contributed by atoms with Crippen molar-refractivity contribution < 1.29 is 14.3 Å². The Kier molecular flexibility index (Phi) is 7.06. The minimum absolute atomic E-state index is 0.0951. The van der Waals surface area contributed by atoms with Crippen molar-refractivity contribution in [3.05, 3.63) is 59.8 Å². The molecule has 1 atom stereocenters. The van der Waals surface area contributed by atoms with E-state index in [9.17, 15) is 4.79 Å². The van der Waals surface area contributed by atoms with Gasteiger partial charge in [-0.25, -0.2) is 9.78 Å². The highest BCUT2D eigenvalue weighted by atomic mass is 16.5. The van der Waals surface area contributed by atoms with Gasteiger partial charge in [-0.2, -0.15) is 0 Å². The number of carbonyl (C=O) groups is 1. The highest BCUT2D eigenvalue weighted by molar-refractivity contribution is 5.74. The Balaban J connectivity index is 1.54. The molecule has 7 nitrogen and oxygen atoms in total. The Morgan fingerprint density at radius 3 is 2.86 bits per heavy atom. The number of rotatable bonds is 7. The summed E-state index contributed by atoms with van der Waals surface area (Å²) in [5.41, 5.74) is 1.53. The van der Waals surface area contributed by atoms with Crippen LogP contribution in [0.2, 0.25) is 0 Å². The molecule has 0 spiro atoms. The topological polar surface area (TPSA) is 66.9 Å². The van der Waals surface area contributed by atoms with E-state index in [0.717, 1.165) is 17.7 Å². The number of ether oxygens (including phenoxy) is 2. The van der Waals surface area contributed by atoms with E-state index in [-0.39, 0.29) is 6.03 Å². The first-order valence-electron chi connectivity index (χ1n) is 9.91. The van der Waals surface area contributed by atoms with E-state index in [0.29, 0.717) is 38.7 Å². The number of likely N-dealkylation sites (N-methyl/N-ethyl adjacent to an activating group) is 1. The molecule has 1 aliphatic heterocycles. The number of aromatic nitrogens is 1. The number of urea groups is 1. The molecule has 156 valence electrons. The number of nitrogens with one attached hydrogen (secondary N) is 1. The number of hydrogen-bond donors (Lipinski definition) is 1. The van der Waals surface area contributed by atoms with Crippen molar-refractivity contribution in [3.8, 4) is 5.88 Å². The normalized spacial score (nSPS) is 19.2. The van der Waals surface area contributed by atoms with Gasteiger partial charge in [0, 0.05) is 31.9 Å². The molecule has 1 fully saturated rings. The summed E-state index contributed by atoms with van der Waals surface area (Å²) >= 11 is 0. The van der Waals surface area contributed by atoms with E-state index in [1.807, 2.05) is 68.4 Å². The molecule has 0 saturated carbocycles. The molecular formula is C22H30N4O3. The lowest BCUT2D eigenvalue weighted by Crippen LogP contribution is -2.53. The van der Waals surface area contributed by atoms with Crippen molar-refractivity contribution in [1.29, 1.82) is 0 Å². The maximum atomic E-state index is 12.7. The van der Waals surface area contributed by atoms with Crippen LogP contribution in [-0.4, -0.2) is 67.8 Å². The Morgan fingerprint density at radius 2 is 2.10 bits per heavy atom. The summed E-state index contributed by atoms with van der Waals surface area (Å²) in [5, 5.41) is 3.00. The maximum absolute atomic E-state index is 12.7. The van der Waals surface area contributed by atoms with Crippen LogP contribution in [0.5, 0.6) is 5.88 Å². The molecule has 1 unspecified atom stereocenters. The number of pyridine rings is 1. The van der Waals surface area contributed by atoms with Gasteiger partial charge in [0.2, 0.25) is 5.88 Å². The van der Waals surface area contributed by atoms with E-state index in [1.165, 1.54) is 0 Å². The van der Waals surface area contributed by atoms with Crippen LogP contribution in [0.15, 0.2) is 48.7 Å². The third-order valence-electron chi connectivity index (χ3n) is 4.98. The zero-order valence-corrected chi connectivity index (χ0v) is 17.4. The molecule has 0 bridgehead atoms. The number of morpholine rings is 1. The zero-order chi connectivity index (χ0) is 20.7.